The Balaban J connectivity index is 1.49. The summed E-state index contributed by atoms with van der Waals surface area (Å²) in [4.78, 5) is 39.5. The summed E-state index contributed by atoms with van der Waals surface area (Å²) in [6.07, 6.45) is 1.65. The van der Waals surface area contributed by atoms with Gasteiger partial charge in [-0.25, -0.2) is 0 Å². The van der Waals surface area contributed by atoms with Crippen molar-refractivity contribution in [3.05, 3.63) is 92.8 Å². The SMILES string of the molecule is CCOc1cc(/C=C2\SC(=O)N(Cc3cccc(C)c3)C2=O)cc(Br)c1OCC(=O)Nc1ccccc1. The van der Waals surface area contributed by atoms with E-state index in [1.807, 2.05) is 56.3 Å². The molecule has 37 heavy (non-hydrogen) atoms. The molecule has 0 unspecified atom stereocenters. The number of nitrogens with zero attached hydrogens (tertiary/aromatic N) is 1. The van der Waals surface area contributed by atoms with E-state index in [1.165, 1.54) is 4.90 Å². The molecule has 0 aliphatic carbocycles. The van der Waals surface area contributed by atoms with Gasteiger partial charge in [0.15, 0.2) is 18.1 Å². The van der Waals surface area contributed by atoms with Gasteiger partial charge in [-0.15, -0.1) is 0 Å². The number of thioether (sulfide) groups is 1. The van der Waals surface area contributed by atoms with Crippen LogP contribution in [-0.2, 0) is 16.1 Å². The topological polar surface area (TPSA) is 84.9 Å². The van der Waals surface area contributed by atoms with E-state index in [2.05, 4.69) is 21.2 Å². The number of hydrogen-bond acceptors (Lipinski definition) is 6. The predicted molar refractivity (Wildman–Crippen MR) is 149 cm³/mol. The highest BCUT2D eigenvalue weighted by atomic mass is 79.9. The van der Waals surface area contributed by atoms with Crippen molar-refractivity contribution in [1.29, 1.82) is 0 Å². The van der Waals surface area contributed by atoms with Gasteiger partial charge in [0.1, 0.15) is 0 Å². The first-order valence-corrected chi connectivity index (χ1v) is 13.2. The second-order valence-corrected chi connectivity index (χ2v) is 10.1. The number of carbonyl (C=O) groups is 3. The molecule has 1 aliphatic rings. The lowest BCUT2D eigenvalue weighted by Gasteiger charge is -2.15. The Kier molecular flexibility index (Phi) is 8.68. The lowest BCUT2D eigenvalue weighted by atomic mass is 10.1. The van der Waals surface area contributed by atoms with Crippen LogP contribution >= 0.6 is 27.7 Å². The van der Waals surface area contributed by atoms with Crippen molar-refractivity contribution in [2.75, 3.05) is 18.5 Å². The monoisotopic (exact) mass is 580 g/mol. The zero-order valence-electron chi connectivity index (χ0n) is 20.3. The summed E-state index contributed by atoms with van der Waals surface area (Å²) in [6.45, 7) is 4.17. The fourth-order valence-electron chi connectivity index (χ4n) is 3.71. The number of benzene rings is 3. The van der Waals surface area contributed by atoms with E-state index in [-0.39, 0.29) is 30.2 Å². The van der Waals surface area contributed by atoms with Gasteiger partial charge < -0.3 is 14.8 Å². The van der Waals surface area contributed by atoms with Gasteiger partial charge in [0.25, 0.3) is 17.1 Å². The first-order chi connectivity index (χ1) is 17.8. The third-order valence-corrected chi connectivity index (χ3v) is 6.83. The van der Waals surface area contributed by atoms with Crippen LogP contribution in [0.2, 0.25) is 0 Å². The number of ether oxygens (including phenoxy) is 2. The minimum Gasteiger partial charge on any atom is -0.490 e. The molecule has 0 spiro atoms. The van der Waals surface area contributed by atoms with Crippen molar-refractivity contribution in [2.45, 2.75) is 20.4 Å². The van der Waals surface area contributed by atoms with Crippen molar-refractivity contribution < 1.29 is 23.9 Å². The maximum absolute atomic E-state index is 13.0. The molecule has 1 heterocycles. The third kappa shape index (κ3) is 6.81. The van der Waals surface area contributed by atoms with Crippen molar-refractivity contribution in [3.8, 4) is 11.5 Å². The predicted octanol–water partition coefficient (Wildman–Crippen LogP) is 6.41. The van der Waals surface area contributed by atoms with Gasteiger partial charge in [-0.1, -0.05) is 48.0 Å². The first-order valence-electron chi connectivity index (χ1n) is 11.6. The second kappa shape index (κ2) is 12.1. The van der Waals surface area contributed by atoms with Gasteiger partial charge in [0, 0.05) is 5.69 Å². The Morgan fingerprint density at radius 1 is 1.05 bits per heavy atom. The highest BCUT2D eigenvalue weighted by Gasteiger charge is 2.35. The summed E-state index contributed by atoms with van der Waals surface area (Å²) < 4.78 is 12.1. The molecule has 1 N–H and O–H groups in total. The summed E-state index contributed by atoms with van der Waals surface area (Å²) in [5.74, 6) is 0.125. The molecule has 3 aromatic carbocycles. The molecule has 1 aliphatic heterocycles. The zero-order valence-corrected chi connectivity index (χ0v) is 22.7. The molecule has 4 rings (SSSR count). The number of aryl methyl sites for hydroxylation is 1. The number of rotatable bonds is 9. The molecular weight excluding hydrogens is 556 g/mol. The van der Waals surface area contributed by atoms with Crippen LogP contribution in [0.1, 0.15) is 23.6 Å². The molecule has 0 bridgehead atoms. The molecule has 7 nitrogen and oxygen atoms in total. The average Bonchev–Trinajstić information content (AvgIpc) is 3.11. The molecule has 9 heteroatoms. The number of amides is 3. The van der Waals surface area contributed by atoms with Gasteiger partial charge in [-0.05, 0) is 83.0 Å². The van der Waals surface area contributed by atoms with E-state index in [1.54, 1.807) is 30.3 Å². The van der Waals surface area contributed by atoms with E-state index >= 15 is 0 Å². The highest BCUT2D eigenvalue weighted by Crippen LogP contribution is 2.39. The smallest absolute Gasteiger partial charge is 0.293 e. The molecule has 0 radical (unpaired) electrons. The molecule has 3 aromatic rings. The van der Waals surface area contributed by atoms with E-state index in [0.29, 0.717) is 38.7 Å². The Morgan fingerprint density at radius 3 is 2.57 bits per heavy atom. The zero-order chi connectivity index (χ0) is 26.4. The van der Waals surface area contributed by atoms with Gasteiger partial charge in [0.05, 0.1) is 22.5 Å². The van der Waals surface area contributed by atoms with Gasteiger partial charge in [-0.3, -0.25) is 19.3 Å². The van der Waals surface area contributed by atoms with Crippen LogP contribution in [0, 0.1) is 6.92 Å². The lowest BCUT2D eigenvalue weighted by molar-refractivity contribution is -0.123. The quantitative estimate of drug-likeness (QED) is 0.294. The number of nitrogens with one attached hydrogen (secondary N) is 1. The molecule has 1 fully saturated rings. The lowest BCUT2D eigenvalue weighted by Crippen LogP contribution is -2.27. The molecule has 3 amide bonds. The Morgan fingerprint density at radius 2 is 1.84 bits per heavy atom. The number of hydrogen-bond donors (Lipinski definition) is 1. The molecule has 1 saturated heterocycles. The third-order valence-electron chi connectivity index (χ3n) is 5.33. The van der Waals surface area contributed by atoms with Gasteiger partial charge >= 0.3 is 0 Å². The first kappa shape index (κ1) is 26.5. The van der Waals surface area contributed by atoms with Crippen LogP contribution in [0.4, 0.5) is 10.5 Å². The summed E-state index contributed by atoms with van der Waals surface area (Å²) in [6, 6.07) is 20.3. The largest absolute Gasteiger partial charge is 0.490 e. The van der Waals surface area contributed by atoms with Gasteiger partial charge in [-0.2, -0.15) is 0 Å². The Bertz CT molecular complexity index is 1360. The maximum Gasteiger partial charge on any atom is 0.293 e. The fraction of sp³-hybridized carbons (Fsp3) is 0.179. The number of anilines is 1. The van der Waals surface area contributed by atoms with E-state index in [0.717, 1.165) is 22.9 Å². The minimum absolute atomic E-state index is 0.217. The summed E-state index contributed by atoms with van der Waals surface area (Å²) in [7, 11) is 0. The maximum atomic E-state index is 13.0. The minimum atomic E-state index is -0.344. The highest BCUT2D eigenvalue weighted by molar-refractivity contribution is 9.10. The van der Waals surface area contributed by atoms with Crippen molar-refractivity contribution in [1.82, 2.24) is 4.90 Å². The fourth-order valence-corrected chi connectivity index (χ4v) is 5.12. The molecule has 0 atom stereocenters. The van der Waals surface area contributed by atoms with E-state index < -0.39 is 0 Å². The molecule has 0 saturated carbocycles. The number of carbonyl (C=O) groups excluding carboxylic acids is 3. The summed E-state index contributed by atoms with van der Waals surface area (Å²) in [5, 5.41) is 2.46. The Hall–Kier alpha value is -3.56. The normalized spacial score (nSPS) is 14.2. The van der Waals surface area contributed by atoms with E-state index in [9.17, 15) is 14.4 Å². The number of halogens is 1. The van der Waals surface area contributed by atoms with Gasteiger partial charge in [0.2, 0.25) is 0 Å². The summed E-state index contributed by atoms with van der Waals surface area (Å²) in [5.41, 5.74) is 3.28. The number of imide groups is 1. The average molecular weight is 581 g/mol. The van der Waals surface area contributed by atoms with Crippen LogP contribution in [-0.4, -0.2) is 35.2 Å². The van der Waals surface area contributed by atoms with Crippen molar-refractivity contribution in [2.24, 2.45) is 0 Å². The molecule has 190 valence electrons. The van der Waals surface area contributed by atoms with Crippen LogP contribution in [0.5, 0.6) is 11.5 Å². The van der Waals surface area contributed by atoms with Crippen LogP contribution in [0.25, 0.3) is 6.08 Å². The van der Waals surface area contributed by atoms with Crippen molar-refractivity contribution >= 4 is 56.5 Å². The van der Waals surface area contributed by atoms with Crippen LogP contribution < -0.4 is 14.8 Å². The van der Waals surface area contributed by atoms with Crippen LogP contribution in [0.3, 0.4) is 0 Å². The molecular formula is C28H25BrN2O5S. The van der Waals surface area contributed by atoms with Crippen molar-refractivity contribution in [3.63, 3.8) is 0 Å². The molecule has 0 aromatic heterocycles. The second-order valence-electron chi connectivity index (χ2n) is 8.22. The standard InChI is InChI=1S/C28H25BrN2O5S/c1-3-35-23-14-20(13-22(29)26(23)36-17-25(32)30-21-10-5-4-6-11-21)15-24-27(33)31(28(34)37-24)16-19-9-7-8-18(2)12-19/h4-15H,3,16-17H2,1-2H3,(H,30,32)/b24-15-. The Labute approximate surface area is 228 Å². The summed E-state index contributed by atoms with van der Waals surface area (Å²) >= 11 is 4.39. The van der Waals surface area contributed by atoms with E-state index in [4.69, 9.17) is 9.47 Å². The van der Waals surface area contributed by atoms with Crippen LogP contribution in [0.15, 0.2) is 76.1 Å². The number of para-hydroxylation sites is 1.